The Hall–Kier alpha value is -2.95. The first-order valence-electron chi connectivity index (χ1n) is 7.94. The van der Waals surface area contributed by atoms with Gasteiger partial charge >= 0.3 is 0 Å². The molecular weight excluding hydrogens is 300 g/mol. The first-order chi connectivity index (χ1) is 11.7. The van der Waals surface area contributed by atoms with Gasteiger partial charge < -0.3 is 4.90 Å². The van der Waals surface area contributed by atoms with Gasteiger partial charge in [0.15, 0.2) is 0 Å². The summed E-state index contributed by atoms with van der Waals surface area (Å²) in [6, 6.07) is 13.9. The maximum atomic E-state index is 12.3. The monoisotopic (exact) mass is 320 g/mol. The molecule has 0 aliphatic heterocycles. The van der Waals surface area contributed by atoms with Gasteiger partial charge in [0.05, 0.1) is 5.69 Å². The molecule has 24 heavy (non-hydrogen) atoms. The van der Waals surface area contributed by atoms with E-state index in [4.69, 9.17) is 0 Å². The number of aromatic nitrogens is 3. The van der Waals surface area contributed by atoms with Gasteiger partial charge in [-0.15, -0.1) is 0 Å². The lowest BCUT2D eigenvalue weighted by molar-refractivity contribution is -0.130. The van der Waals surface area contributed by atoms with Crippen LogP contribution >= 0.6 is 0 Å². The maximum Gasteiger partial charge on any atom is 0.222 e. The SMILES string of the molecule is CN(Cc1ccc(-n2cccn2)cc1)C(=O)CCc1ccncc1. The number of carbonyl (C=O) groups excluding carboxylic acids is 1. The molecule has 0 N–H and O–H groups in total. The molecule has 0 radical (unpaired) electrons. The predicted molar refractivity (Wildman–Crippen MR) is 92.6 cm³/mol. The molecule has 0 aliphatic carbocycles. The zero-order chi connectivity index (χ0) is 16.8. The third-order valence-electron chi connectivity index (χ3n) is 3.93. The van der Waals surface area contributed by atoms with Crippen molar-refractivity contribution in [2.75, 3.05) is 7.05 Å². The summed E-state index contributed by atoms with van der Waals surface area (Å²) < 4.78 is 1.81. The molecule has 0 unspecified atom stereocenters. The molecule has 0 atom stereocenters. The van der Waals surface area contributed by atoms with Crippen LogP contribution in [0.1, 0.15) is 17.5 Å². The molecule has 122 valence electrons. The van der Waals surface area contributed by atoms with E-state index in [0.717, 1.165) is 23.2 Å². The van der Waals surface area contributed by atoms with E-state index in [1.54, 1.807) is 23.5 Å². The minimum absolute atomic E-state index is 0.142. The summed E-state index contributed by atoms with van der Waals surface area (Å²) in [5.41, 5.74) is 3.25. The fraction of sp³-hybridized carbons (Fsp3) is 0.211. The first kappa shape index (κ1) is 15.9. The summed E-state index contributed by atoms with van der Waals surface area (Å²) in [6.07, 6.45) is 8.41. The van der Waals surface area contributed by atoms with Crippen LogP contribution in [0.4, 0.5) is 0 Å². The van der Waals surface area contributed by atoms with Crippen LogP contribution in [0.3, 0.4) is 0 Å². The Morgan fingerprint density at radius 2 is 1.79 bits per heavy atom. The van der Waals surface area contributed by atoms with Crippen LogP contribution in [-0.2, 0) is 17.8 Å². The number of carbonyl (C=O) groups is 1. The number of benzene rings is 1. The highest BCUT2D eigenvalue weighted by molar-refractivity contribution is 5.76. The van der Waals surface area contributed by atoms with E-state index < -0.39 is 0 Å². The topological polar surface area (TPSA) is 51.0 Å². The average Bonchev–Trinajstić information content (AvgIpc) is 3.16. The maximum absolute atomic E-state index is 12.3. The lowest BCUT2D eigenvalue weighted by Crippen LogP contribution is -2.26. The van der Waals surface area contributed by atoms with Crippen LogP contribution in [0.25, 0.3) is 5.69 Å². The van der Waals surface area contributed by atoms with Gasteiger partial charge in [0, 0.05) is 44.8 Å². The Morgan fingerprint density at radius 3 is 2.46 bits per heavy atom. The number of hydrogen-bond donors (Lipinski definition) is 0. The van der Waals surface area contributed by atoms with Crippen molar-refractivity contribution in [1.82, 2.24) is 19.7 Å². The van der Waals surface area contributed by atoms with Gasteiger partial charge in [-0.2, -0.15) is 5.10 Å². The Balaban J connectivity index is 1.54. The Bertz CT molecular complexity index is 767. The summed E-state index contributed by atoms with van der Waals surface area (Å²) in [5, 5.41) is 4.21. The van der Waals surface area contributed by atoms with E-state index in [1.165, 1.54) is 0 Å². The quantitative estimate of drug-likeness (QED) is 0.702. The zero-order valence-corrected chi connectivity index (χ0v) is 13.7. The number of nitrogens with zero attached hydrogens (tertiary/aromatic N) is 4. The molecule has 0 saturated heterocycles. The van der Waals surface area contributed by atoms with Gasteiger partial charge in [-0.1, -0.05) is 12.1 Å². The number of amides is 1. The fourth-order valence-electron chi connectivity index (χ4n) is 2.53. The molecule has 0 spiro atoms. The fourth-order valence-corrected chi connectivity index (χ4v) is 2.53. The second kappa shape index (κ2) is 7.55. The molecule has 0 saturated carbocycles. The van der Waals surface area contributed by atoms with Crippen LogP contribution in [0, 0.1) is 0 Å². The van der Waals surface area contributed by atoms with E-state index in [9.17, 15) is 4.79 Å². The van der Waals surface area contributed by atoms with Gasteiger partial charge in [0.2, 0.25) is 5.91 Å². The molecule has 0 aliphatic rings. The van der Waals surface area contributed by atoms with Crippen LogP contribution in [0.15, 0.2) is 67.3 Å². The van der Waals surface area contributed by atoms with Crippen LogP contribution in [0.5, 0.6) is 0 Å². The number of rotatable bonds is 6. The molecule has 2 aromatic heterocycles. The van der Waals surface area contributed by atoms with E-state index >= 15 is 0 Å². The van der Waals surface area contributed by atoms with Crippen molar-refractivity contribution >= 4 is 5.91 Å². The zero-order valence-electron chi connectivity index (χ0n) is 13.7. The van der Waals surface area contributed by atoms with Crippen LogP contribution in [0.2, 0.25) is 0 Å². The number of pyridine rings is 1. The van der Waals surface area contributed by atoms with Crippen molar-refractivity contribution in [3.05, 3.63) is 78.4 Å². The van der Waals surface area contributed by atoms with Gasteiger partial charge in [-0.3, -0.25) is 9.78 Å². The van der Waals surface area contributed by atoms with Crippen molar-refractivity contribution in [2.45, 2.75) is 19.4 Å². The Labute approximate surface area is 141 Å². The summed E-state index contributed by atoms with van der Waals surface area (Å²) in [6.45, 7) is 0.606. The summed E-state index contributed by atoms with van der Waals surface area (Å²) >= 11 is 0. The highest BCUT2D eigenvalue weighted by Gasteiger charge is 2.09. The van der Waals surface area contributed by atoms with E-state index in [0.29, 0.717) is 13.0 Å². The smallest absolute Gasteiger partial charge is 0.222 e. The molecule has 1 aromatic carbocycles. The van der Waals surface area contributed by atoms with Crippen LogP contribution < -0.4 is 0 Å². The highest BCUT2D eigenvalue weighted by atomic mass is 16.2. The number of hydrogen-bond acceptors (Lipinski definition) is 3. The highest BCUT2D eigenvalue weighted by Crippen LogP contribution is 2.11. The van der Waals surface area contributed by atoms with Crippen molar-refractivity contribution < 1.29 is 4.79 Å². The average molecular weight is 320 g/mol. The largest absolute Gasteiger partial charge is 0.341 e. The molecule has 5 nitrogen and oxygen atoms in total. The third kappa shape index (κ3) is 4.07. The minimum atomic E-state index is 0.142. The molecule has 0 bridgehead atoms. The molecule has 5 heteroatoms. The van der Waals surface area contributed by atoms with E-state index in [2.05, 4.69) is 10.1 Å². The molecular formula is C19H20N4O. The third-order valence-corrected chi connectivity index (χ3v) is 3.93. The lowest BCUT2D eigenvalue weighted by atomic mass is 10.1. The van der Waals surface area contributed by atoms with Crippen LogP contribution in [-0.4, -0.2) is 32.6 Å². The van der Waals surface area contributed by atoms with Crippen molar-refractivity contribution in [3.8, 4) is 5.69 Å². The molecule has 0 fully saturated rings. The molecule has 1 amide bonds. The summed E-state index contributed by atoms with van der Waals surface area (Å²) in [4.78, 5) is 18.0. The molecule has 3 rings (SSSR count). The second-order valence-corrected chi connectivity index (χ2v) is 5.72. The lowest BCUT2D eigenvalue weighted by Gasteiger charge is -2.17. The summed E-state index contributed by atoms with van der Waals surface area (Å²) in [7, 11) is 1.84. The normalized spacial score (nSPS) is 10.5. The molecule has 2 heterocycles. The van der Waals surface area contributed by atoms with E-state index in [-0.39, 0.29) is 5.91 Å². The van der Waals surface area contributed by atoms with E-state index in [1.807, 2.05) is 60.4 Å². The van der Waals surface area contributed by atoms with Crippen molar-refractivity contribution in [2.24, 2.45) is 0 Å². The first-order valence-corrected chi connectivity index (χ1v) is 7.94. The Kier molecular flexibility index (Phi) is 5.01. The van der Waals surface area contributed by atoms with Crippen molar-refractivity contribution in [3.63, 3.8) is 0 Å². The Morgan fingerprint density at radius 1 is 1.04 bits per heavy atom. The standard InChI is InChI=1S/C19H20N4O/c1-22(19(24)8-5-16-9-12-20-13-10-16)15-17-3-6-18(7-4-17)23-14-2-11-21-23/h2-4,6-7,9-14H,5,8,15H2,1H3. The van der Waals surface area contributed by atoms with Gasteiger partial charge in [0.1, 0.15) is 0 Å². The van der Waals surface area contributed by atoms with Gasteiger partial charge in [-0.25, -0.2) is 4.68 Å². The molecule has 3 aromatic rings. The minimum Gasteiger partial charge on any atom is -0.341 e. The van der Waals surface area contributed by atoms with Gasteiger partial charge in [0.25, 0.3) is 0 Å². The van der Waals surface area contributed by atoms with Crippen molar-refractivity contribution in [1.29, 1.82) is 0 Å². The summed E-state index contributed by atoms with van der Waals surface area (Å²) in [5.74, 6) is 0.142. The van der Waals surface area contributed by atoms with Gasteiger partial charge in [-0.05, 0) is 47.9 Å². The predicted octanol–water partition coefficient (Wildman–Crippen LogP) is 2.86. The number of aryl methyl sites for hydroxylation is 1. The second-order valence-electron chi connectivity index (χ2n) is 5.72.